The van der Waals surface area contributed by atoms with Crippen LogP contribution in [0, 0.1) is 0 Å². The molecule has 0 bridgehead atoms. The number of carbonyl (C=O) groups excluding carboxylic acids is 5. The highest BCUT2D eigenvalue weighted by atomic mass is 32.2. The topological polar surface area (TPSA) is 171 Å². The number of carbonyl (C=O) groups is 5. The largest absolute Gasteiger partial charge is 0.444 e. The molecule has 0 saturated carbocycles. The molecule has 0 aromatic heterocycles. The minimum absolute atomic E-state index is 0.0576. The summed E-state index contributed by atoms with van der Waals surface area (Å²) in [6.07, 6.45) is 3.46. The molecule has 43 heavy (non-hydrogen) atoms. The highest BCUT2D eigenvalue weighted by Gasteiger charge is 2.45. The molecule has 4 rings (SSSR count). The van der Waals surface area contributed by atoms with Crippen molar-refractivity contribution in [2.24, 2.45) is 0 Å². The standard InChI is InChI=1S/C29H41N5O8S/c1-29(2,3)42-28(39)31-19-13-16-33(17-14-19)43(40,41)18-7-5-4-6-15-30-21-10-8-9-20-24(21)27(38)34(26(20)37)22-11-12-23(35)32-25(22)36/h8-10,19,22,30H,4-7,11-18H2,1-3H3,(H,31,39)(H,32,35,36). The first kappa shape index (κ1) is 32.4. The Balaban J connectivity index is 1.17. The first-order valence-electron chi connectivity index (χ1n) is 14.8. The van der Waals surface area contributed by atoms with E-state index >= 15 is 0 Å². The summed E-state index contributed by atoms with van der Waals surface area (Å²) in [5.41, 5.74) is 0.341. The van der Waals surface area contributed by atoms with E-state index in [0.717, 1.165) is 17.7 Å². The molecular weight excluding hydrogens is 578 g/mol. The molecular formula is C29H41N5O8S. The second kappa shape index (κ2) is 13.4. The number of hydrogen-bond donors (Lipinski definition) is 3. The summed E-state index contributed by atoms with van der Waals surface area (Å²) in [5.74, 6) is -2.13. The molecule has 1 unspecified atom stereocenters. The third-order valence-electron chi connectivity index (χ3n) is 7.68. The molecule has 0 aliphatic carbocycles. The van der Waals surface area contributed by atoms with Gasteiger partial charge in [-0.3, -0.25) is 29.4 Å². The molecule has 13 nitrogen and oxygen atoms in total. The van der Waals surface area contributed by atoms with Gasteiger partial charge in [-0.05, 0) is 65.0 Å². The smallest absolute Gasteiger partial charge is 0.407 e. The van der Waals surface area contributed by atoms with E-state index in [0.29, 0.717) is 51.0 Å². The van der Waals surface area contributed by atoms with Crippen molar-refractivity contribution in [1.82, 2.24) is 19.8 Å². The minimum Gasteiger partial charge on any atom is -0.444 e. The Morgan fingerprint density at radius 3 is 2.37 bits per heavy atom. The Bertz CT molecular complexity index is 1370. The summed E-state index contributed by atoms with van der Waals surface area (Å²) < 4.78 is 32.4. The van der Waals surface area contributed by atoms with E-state index < -0.39 is 51.4 Å². The highest BCUT2D eigenvalue weighted by Crippen LogP contribution is 2.32. The van der Waals surface area contributed by atoms with Gasteiger partial charge in [-0.15, -0.1) is 0 Å². The first-order valence-corrected chi connectivity index (χ1v) is 16.4. The van der Waals surface area contributed by atoms with Gasteiger partial charge in [0.1, 0.15) is 11.6 Å². The average molecular weight is 620 g/mol. The van der Waals surface area contributed by atoms with Crippen LogP contribution in [0.4, 0.5) is 10.5 Å². The lowest BCUT2D eigenvalue weighted by Gasteiger charge is -2.32. The molecule has 2 fully saturated rings. The maximum Gasteiger partial charge on any atom is 0.407 e. The number of rotatable bonds is 11. The fourth-order valence-corrected chi connectivity index (χ4v) is 7.12. The van der Waals surface area contributed by atoms with E-state index in [9.17, 15) is 32.4 Å². The number of nitrogens with one attached hydrogen (secondary N) is 3. The van der Waals surface area contributed by atoms with Gasteiger partial charge in [-0.25, -0.2) is 17.5 Å². The van der Waals surface area contributed by atoms with E-state index in [1.165, 1.54) is 4.31 Å². The Hall–Kier alpha value is -3.52. The lowest BCUT2D eigenvalue weighted by Crippen LogP contribution is -2.54. The summed E-state index contributed by atoms with van der Waals surface area (Å²) in [7, 11) is -3.39. The Kier molecular flexibility index (Phi) is 10.1. The zero-order chi connectivity index (χ0) is 31.4. The van der Waals surface area contributed by atoms with Crippen LogP contribution in [0.3, 0.4) is 0 Å². The van der Waals surface area contributed by atoms with Gasteiger partial charge in [-0.1, -0.05) is 18.9 Å². The summed E-state index contributed by atoms with van der Waals surface area (Å²) in [6.45, 7) is 6.60. The number of fused-ring (bicyclic) bond motifs is 1. The zero-order valence-electron chi connectivity index (χ0n) is 24.9. The monoisotopic (exact) mass is 619 g/mol. The van der Waals surface area contributed by atoms with Gasteiger partial charge in [0.05, 0.1) is 16.9 Å². The predicted octanol–water partition coefficient (Wildman–Crippen LogP) is 2.38. The molecule has 14 heteroatoms. The summed E-state index contributed by atoms with van der Waals surface area (Å²) >= 11 is 0. The Morgan fingerprint density at radius 1 is 1.00 bits per heavy atom. The number of ether oxygens (including phenoxy) is 1. The third-order valence-corrected chi connectivity index (χ3v) is 9.64. The number of anilines is 1. The lowest BCUT2D eigenvalue weighted by atomic mass is 10.0. The number of amides is 5. The van der Waals surface area contributed by atoms with E-state index in [4.69, 9.17) is 4.74 Å². The Morgan fingerprint density at radius 2 is 1.70 bits per heavy atom. The van der Waals surface area contributed by atoms with Crippen molar-refractivity contribution in [3.05, 3.63) is 29.3 Å². The maximum atomic E-state index is 13.2. The molecule has 1 atom stereocenters. The van der Waals surface area contributed by atoms with Crippen LogP contribution >= 0.6 is 0 Å². The molecule has 1 aromatic carbocycles. The highest BCUT2D eigenvalue weighted by molar-refractivity contribution is 7.89. The van der Waals surface area contributed by atoms with E-state index in [-0.39, 0.29) is 35.8 Å². The number of imide groups is 2. The summed E-state index contributed by atoms with van der Waals surface area (Å²) in [5, 5.41) is 8.21. The summed E-state index contributed by atoms with van der Waals surface area (Å²) in [4.78, 5) is 62.9. The van der Waals surface area contributed by atoms with Gasteiger partial charge in [0.2, 0.25) is 21.8 Å². The number of hydrogen-bond acceptors (Lipinski definition) is 9. The number of benzene rings is 1. The van der Waals surface area contributed by atoms with Crippen molar-refractivity contribution in [2.75, 3.05) is 30.7 Å². The molecule has 0 radical (unpaired) electrons. The van der Waals surface area contributed by atoms with Crippen molar-refractivity contribution in [3.63, 3.8) is 0 Å². The van der Waals surface area contributed by atoms with Crippen LogP contribution < -0.4 is 16.0 Å². The van der Waals surface area contributed by atoms with Crippen LogP contribution in [-0.2, 0) is 24.3 Å². The number of alkyl carbamates (subject to hydrolysis) is 1. The summed E-state index contributed by atoms with van der Waals surface area (Å²) in [6, 6.07) is 3.79. The van der Waals surface area contributed by atoms with Gasteiger partial charge < -0.3 is 15.4 Å². The van der Waals surface area contributed by atoms with E-state index in [1.54, 1.807) is 39.0 Å². The van der Waals surface area contributed by atoms with Crippen molar-refractivity contribution < 1.29 is 37.1 Å². The number of piperidine rings is 2. The zero-order valence-corrected chi connectivity index (χ0v) is 25.8. The second-order valence-corrected chi connectivity index (χ2v) is 14.2. The third kappa shape index (κ3) is 8.11. The van der Waals surface area contributed by atoms with Crippen LogP contribution in [0.25, 0.3) is 0 Å². The molecule has 3 aliphatic rings. The molecule has 3 heterocycles. The molecule has 3 aliphatic heterocycles. The molecule has 5 amide bonds. The van der Waals surface area contributed by atoms with Crippen molar-refractivity contribution in [3.8, 4) is 0 Å². The van der Waals surface area contributed by atoms with E-state index in [2.05, 4.69) is 16.0 Å². The van der Waals surface area contributed by atoms with Gasteiger partial charge in [0.15, 0.2) is 0 Å². The molecule has 0 spiro atoms. The van der Waals surface area contributed by atoms with Crippen LogP contribution in [0.15, 0.2) is 18.2 Å². The van der Waals surface area contributed by atoms with Gasteiger partial charge in [0.25, 0.3) is 11.8 Å². The first-order chi connectivity index (χ1) is 20.3. The van der Waals surface area contributed by atoms with Crippen molar-refractivity contribution in [2.45, 2.75) is 89.8 Å². The van der Waals surface area contributed by atoms with Gasteiger partial charge in [-0.2, -0.15) is 0 Å². The quantitative estimate of drug-likeness (QED) is 0.248. The Labute approximate surface area is 252 Å². The van der Waals surface area contributed by atoms with Crippen LogP contribution in [0.2, 0.25) is 0 Å². The van der Waals surface area contributed by atoms with Crippen LogP contribution in [-0.4, -0.2) is 90.4 Å². The predicted molar refractivity (Wildman–Crippen MR) is 158 cm³/mol. The molecule has 236 valence electrons. The molecule has 1 aromatic rings. The van der Waals surface area contributed by atoms with Crippen molar-refractivity contribution in [1.29, 1.82) is 0 Å². The normalized spacial score (nSPS) is 20.2. The number of unbranched alkanes of at least 4 members (excludes halogenated alkanes) is 3. The van der Waals surface area contributed by atoms with Crippen LogP contribution in [0.5, 0.6) is 0 Å². The fraction of sp³-hybridized carbons (Fsp3) is 0.621. The number of nitrogens with zero attached hydrogens (tertiary/aromatic N) is 2. The maximum absolute atomic E-state index is 13.2. The fourth-order valence-electron chi connectivity index (χ4n) is 5.53. The SMILES string of the molecule is CC(C)(C)OC(=O)NC1CCN(S(=O)(=O)CCCCCCNc2cccc3c2C(=O)N(C2CCC(=O)NC2=O)C3=O)CC1. The van der Waals surface area contributed by atoms with Crippen LogP contribution in [0.1, 0.15) is 92.9 Å². The van der Waals surface area contributed by atoms with E-state index in [1.807, 2.05) is 0 Å². The molecule has 2 saturated heterocycles. The average Bonchev–Trinajstić information content (AvgIpc) is 3.17. The second-order valence-electron chi connectivity index (χ2n) is 12.2. The van der Waals surface area contributed by atoms with Gasteiger partial charge in [0, 0.05) is 37.8 Å². The molecule has 3 N–H and O–H groups in total. The van der Waals surface area contributed by atoms with Gasteiger partial charge >= 0.3 is 6.09 Å². The lowest BCUT2D eigenvalue weighted by molar-refractivity contribution is -0.136. The minimum atomic E-state index is -3.39. The van der Waals surface area contributed by atoms with Crippen molar-refractivity contribution >= 4 is 45.4 Å². The number of sulfonamides is 1.